The second kappa shape index (κ2) is 7.86. The smallest absolute Gasteiger partial charge is 0.283 e. The number of nitrogens with zero attached hydrogens (tertiary/aromatic N) is 2. The summed E-state index contributed by atoms with van der Waals surface area (Å²) in [5, 5.41) is 4.16. The Morgan fingerprint density at radius 1 is 1.14 bits per heavy atom. The van der Waals surface area contributed by atoms with Crippen molar-refractivity contribution in [2.45, 2.75) is 24.3 Å². The predicted octanol–water partition coefficient (Wildman–Crippen LogP) is 4.83. The molecule has 5 heteroatoms. The molecule has 1 fully saturated rings. The lowest BCUT2D eigenvalue weighted by molar-refractivity contribution is 0.263. The highest BCUT2D eigenvalue weighted by atomic mass is 32.2. The lowest BCUT2D eigenvalue weighted by Crippen LogP contribution is -2.24. The number of nitrogens with one attached hydrogen (secondary N) is 1. The van der Waals surface area contributed by atoms with Gasteiger partial charge in [0.15, 0.2) is 0 Å². The maximum atomic E-state index is 11.6. The zero-order valence-corrected chi connectivity index (χ0v) is 17.1. The molecule has 2 heterocycles. The summed E-state index contributed by atoms with van der Waals surface area (Å²) in [6, 6.07) is 19.6. The molecule has 1 saturated heterocycles. The highest BCUT2D eigenvalue weighted by Crippen LogP contribution is 2.31. The highest BCUT2D eigenvalue weighted by Gasteiger charge is 2.27. The Hall–Kier alpha value is -2.50. The van der Waals surface area contributed by atoms with E-state index in [1.54, 1.807) is 0 Å². The molecule has 28 heavy (non-hydrogen) atoms. The Morgan fingerprint density at radius 2 is 1.93 bits per heavy atom. The monoisotopic (exact) mass is 391 g/mol. The number of hydrogen-bond donors (Lipinski definition) is 1. The van der Waals surface area contributed by atoms with E-state index >= 15 is 0 Å². The molecule has 2 unspecified atom stereocenters. The van der Waals surface area contributed by atoms with E-state index in [0.29, 0.717) is 6.04 Å². The van der Waals surface area contributed by atoms with Crippen molar-refractivity contribution >= 4 is 27.9 Å². The van der Waals surface area contributed by atoms with Gasteiger partial charge in [-0.25, -0.2) is 0 Å². The van der Waals surface area contributed by atoms with Crippen LogP contribution in [0.3, 0.4) is 0 Å². The normalized spacial score (nSPS) is 18.0. The van der Waals surface area contributed by atoms with Crippen LogP contribution in [0.15, 0.2) is 73.1 Å². The molecule has 0 radical (unpaired) electrons. The average Bonchev–Trinajstić information content (AvgIpc) is 3.23. The van der Waals surface area contributed by atoms with E-state index in [0.717, 1.165) is 18.7 Å². The van der Waals surface area contributed by atoms with E-state index in [2.05, 4.69) is 96.3 Å². The fourth-order valence-electron chi connectivity index (χ4n) is 3.86. The Bertz CT molecular complexity index is 1010. The van der Waals surface area contributed by atoms with Gasteiger partial charge in [0.25, 0.3) is 5.24 Å². The van der Waals surface area contributed by atoms with Gasteiger partial charge >= 0.3 is 0 Å². The summed E-state index contributed by atoms with van der Waals surface area (Å²) in [5.74, 6) is 0. The van der Waals surface area contributed by atoms with Crippen LogP contribution in [0.5, 0.6) is 0 Å². The number of amides is 1. The second-order valence-corrected chi connectivity index (χ2v) is 8.63. The SMILES string of the molecule is C=C1NC(=O)SC1Cc1cccc2c1ccn2CC(c1ccccc1)N(C)C. The van der Waals surface area contributed by atoms with Gasteiger partial charge in [-0.15, -0.1) is 0 Å². The molecular formula is C23H25N3OS. The molecule has 0 saturated carbocycles. The molecule has 3 aromatic rings. The molecule has 144 valence electrons. The van der Waals surface area contributed by atoms with Crippen LogP contribution in [0.2, 0.25) is 0 Å². The molecule has 2 aromatic carbocycles. The summed E-state index contributed by atoms with van der Waals surface area (Å²) in [6.07, 6.45) is 2.98. The molecule has 4 nitrogen and oxygen atoms in total. The first-order valence-electron chi connectivity index (χ1n) is 9.47. The molecule has 4 rings (SSSR count). The second-order valence-electron chi connectivity index (χ2n) is 7.46. The number of fused-ring (bicyclic) bond motifs is 1. The summed E-state index contributed by atoms with van der Waals surface area (Å²) >= 11 is 1.33. The van der Waals surface area contributed by atoms with Crippen molar-refractivity contribution in [2.24, 2.45) is 0 Å². The van der Waals surface area contributed by atoms with E-state index < -0.39 is 0 Å². The highest BCUT2D eigenvalue weighted by molar-refractivity contribution is 8.14. The van der Waals surface area contributed by atoms with Crippen molar-refractivity contribution in [1.29, 1.82) is 0 Å². The maximum absolute atomic E-state index is 11.6. The number of likely N-dealkylation sites (N-methyl/N-ethyl adjacent to an activating group) is 1. The van der Waals surface area contributed by atoms with Crippen LogP contribution in [0, 0.1) is 0 Å². The quantitative estimate of drug-likeness (QED) is 0.654. The number of carbonyl (C=O) groups is 1. The van der Waals surface area contributed by atoms with Gasteiger partial charge in [0.1, 0.15) is 0 Å². The van der Waals surface area contributed by atoms with Gasteiger partial charge in [0.2, 0.25) is 0 Å². The van der Waals surface area contributed by atoms with Gasteiger partial charge in [0, 0.05) is 29.3 Å². The van der Waals surface area contributed by atoms with Crippen LogP contribution in [-0.4, -0.2) is 34.1 Å². The van der Waals surface area contributed by atoms with E-state index in [4.69, 9.17) is 0 Å². The molecule has 1 amide bonds. The van der Waals surface area contributed by atoms with Crippen LogP contribution in [0.4, 0.5) is 4.79 Å². The Kier molecular flexibility index (Phi) is 5.29. The number of hydrogen-bond acceptors (Lipinski definition) is 3. The molecule has 2 atom stereocenters. The first-order valence-corrected chi connectivity index (χ1v) is 10.4. The molecule has 0 aliphatic carbocycles. The third-order valence-electron chi connectivity index (χ3n) is 5.39. The third kappa shape index (κ3) is 3.73. The van der Waals surface area contributed by atoms with Crippen molar-refractivity contribution in [2.75, 3.05) is 14.1 Å². The topological polar surface area (TPSA) is 37.3 Å². The maximum Gasteiger partial charge on any atom is 0.283 e. The van der Waals surface area contributed by atoms with Gasteiger partial charge in [0.05, 0.1) is 11.3 Å². The van der Waals surface area contributed by atoms with E-state index in [-0.39, 0.29) is 10.5 Å². The van der Waals surface area contributed by atoms with Crippen LogP contribution < -0.4 is 5.32 Å². The van der Waals surface area contributed by atoms with Gasteiger partial charge in [-0.05, 0) is 43.8 Å². The molecular weight excluding hydrogens is 366 g/mol. The fraction of sp³-hybridized carbons (Fsp3) is 0.261. The van der Waals surface area contributed by atoms with E-state index in [1.165, 1.54) is 33.8 Å². The van der Waals surface area contributed by atoms with Gasteiger partial charge in [-0.2, -0.15) is 0 Å². The predicted molar refractivity (Wildman–Crippen MR) is 118 cm³/mol. The number of thioether (sulfide) groups is 1. The fourth-order valence-corrected chi connectivity index (χ4v) is 4.77. The van der Waals surface area contributed by atoms with Crippen LogP contribution in [0.25, 0.3) is 10.9 Å². The minimum Gasteiger partial charge on any atom is -0.346 e. The Morgan fingerprint density at radius 3 is 2.61 bits per heavy atom. The Labute approximate surface area is 170 Å². The average molecular weight is 392 g/mol. The number of benzene rings is 2. The van der Waals surface area contributed by atoms with E-state index in [9.17, 15) is 4.79 Å². The Balaban J connectivity index is 1.62. The number of carbonyl (C=O) groups excluding carboxylic acids is 1. The van der Waals surface area contributed by atoms with Crippen molar-refractivity contribution in [1.82, 2.24) is 14.8 Å². The van der Waals surface area contributed by atoms with Gasteiger partial charge in [-0.1, -0.05) is 60.8 Å². The minimum absolute atomic E-state index is 0.00330. The van der Waals surface area contributed by atoms with Gasteiger partial charge < -0.3 is 14.8 Å². The first kappa shape index (κ1) is 18.8. The minimum atomic E-state index is -0.00330. The summed E-state index contributed by atoms with van der Waals surface area (Å²) in [6.45, 7) is 4.88. The summed E-state index contributed by atoms with van der Waals surface area (Å²) in [5.41, 5.74) is 4.61. The summed E-state index contributed by atoms with van der Waals surface area (Å²) < 4.78 is 2.33. The molecule has 1 aliphatic rings. The van der Waals surface area contributed by atoms with Crippen molar-refractivity contribution in [3.8, 4) is 0 Å². The van der Waals surface area contributed by atoms with Crippen LogP contribution in [0.1, 0.15) is 17.2 Å². The molecule has 1 aromatic heterocycles. The molecule has 0 spiro atoms. The lowest BCUT2D eigenvalue weighted by Gasteiger charge is -2.26. The summed E-state index contributed by atoms with van der Waals surface area (Å²) in [7, 11) is 4.25. The van der Waals surface area contributed by atoms with E-state index in [1.807, 2.05) is 0 Å². The standard InChI is InChI=1S/C23H25N3OS/c1-16-22(28-23(27)24-16)14-18-10-7-11-20-19(18)12-13-26(20)15-21(25(2)3)17-8-5-4-6-9-17/h4-13,21-22H,1,14-15H2,2-3H3,(H,24,27). The van der Waals surface area contributed by atoms with Crippen molar-refractivity contribution in [3.05, 3.63) is 84.2 Å². The molecule has 1 N–H and O–H groups in total. The van der Waals surface area contributed by atoms with Crippen LogP contribution in [-0.2, 0) is 13.0 Å². The van der Waals surface area contributed by atoms with Gasteiger partial charge in [-0.3, -0.25) is 4.79 Å². The third-order valence-corrected chi connectivity index (χ3v) is 6.44. The zero-order chi connectivity index (χ0) is 19.7. The zero-order valence-electron chi connectivity index (χ0n) is 16.3. The molecule has 1 aliphatic heterocycles. The summed E-state index contributed by atoms with van der Waals surface area (Å²) in [4.78, 5) is 13.9. The van der Waals surface area contributed by atoms with Crippen molar-refractivity contribution in [3.63, 3.8) is 0 Å². The number of aromatic nitrogens is 1. The largest absolute Gasteiger partial charge is 0.346 e. The first-order chi connectivity index (χ1) is 13.5. The van der Waals surface area contributed by atoms with Crippen LogP contribution >= 0.6 is 11.8 Å². The lowest BCUT2D eigenvalue weighted by atomic mass is 10.0. The molecule has 0 bridgehead atoms. The number of rotatable bonds is 6. The van der Waals surface area contributed by atoms with Crippen molar-refractivity contribution < 1.29 is 4.79 Å².